The van der Waals surface area contributed by atoms with Gasteiger partial charge in [0, 0.05) is 0 Å². The van der Waals surface area contributed by atoms with Crippen LogP contribution >= 0.6 is 0 Å². The molecular weight excluding hydrogens is 291 g/mol. The molecule has 5 nitrogen and oxygen atoms in total. The number of rotatable bonds is 1. The number of hydrogen-bond acceptors (Lipinski definition) is 4. The first-order valence-electron chi connectivity index (χ1n) is 3.11. The van der Waals surface area contributed by atoms with Crippen molar-refractivity contribution < 1.29 is 49.7 Å². The van der Waals surface area contributed by atoms with Crippen molar-refractivity contribution in [1.29, 1.82) is 0 Å². The molecule has 0 aliphatic heterocycles. The first-order valence-corrected chi connectivity index (χ1v) is 8.02. The third kappa shape index (κ3) is 1.84. The normalized spacial score (nSPS) is 9.75. The van der Waals surface area contributed by atoms with E-state index in [1.807, 2.05) is 0 Å². The van der Waals surface area contributed by atoms with Crippen molar-refractivity contribution in [3.05, 3.63) is 12.1 Å². The van der Waals surface area contributed by atoms with Crippen molar-refractivity contribution >= 4 is 1.97 Å². The Balaban J connectivity index is 3.31. The fraction of sp³-hybridized carbons (Fsp3) is 0. The summed E-state index contributed by atoms with van der Waals surface area (Å²) in [7, 11) is 0. The fourth-order valence-corrected chi connectivity index (χ4v) is 2.65. The zero-order valence-corrected chi connectivity index (χ0v) is 9.55. The molecule has 0 aliphatic rings. The van der Waals surface area contributed by atoms with E-state index in [-0.39, 0.29) is 1.97 Å². The molecule has 1 rings (SSSR count). The first-order chi connectivity index (χ1) is 5.52. The summed E-state index contributed by atoms with van der Waals surface area (Å²) in [5, 5.41) is 26.7. The monoisotopic (exact) mass is 297 g/mol. The van der Waals surface area contributed by atoms with E-state index >= 15 is 0 Å². The summed E-state index contributed by atoms with van der Waals surface area (Å²) in [6.45, 7) is 0. The molecule has 0 bridgehead atoms. The third-order valence-corrected chi connectivity index (χ3v) is 4.21. The summed E-state index contributed by atoms with van der Waals surface area (Å²) in [6.07, 6.45) is 0. The second kappa shape index (κ2) is 3.53. The molecule has 6 heteroatoms. The van der Waals surface area contributed by atoms with Crippen molar-refractivity contribution in [2.24, 2.45) is 0 Å². The van der Waals surface area contributed by atoms with E-state index in [0.717, 1.165) is 12.1 Å². The topological polar surface area (TPSA) is 98.0 Å². The van der Waals surface area contributed by atoms with Crippen molar-refractivity contribution in [1.82, 2.24) is 0 Å². The molecule has 0 saturated carbocycles. The van der Waals surface area contributed by atoms with Crippen molar-refractivity contribution in [3.8, 4) is 17.2 Å². The Hall–Kier alpha value is -0.425. The predicted molar refractivity (Wildman–Crippen MR) is 34.0 cm³/mol. The maximum atomic E-state index is 10.6. The van der Waals surface area contributed by atoms with Crippen LogP contribution in [-0.4, -0.2) is 17.4 Å². The Labute approximate surface area is 80.6 Å². The van der Waals surface area contributed by atoms with Gasteiger partial charge in [0.1, 0.15) is 0 Å². The van der Waals surface area contributed by atoms with Gasteiger partial charge < -0.3 is 0 Å². The average molecular weight is 297 g/mol. The van der Waals surface area contributed by atoms with Gasteiger partial charge in [0.25, 0.3) is 0 Å². The van der Waals surface area contributed by atoms with Crippen molar-refractivity contribution in [3.63, 3.8) is 0 Å². The Morgan fingerprint density at radius 2 is 1.50 bits per heavy atom. The van der Waals surface area contributed by atoms with E-state index < -0.39 is 47.9 Å². The van der Waals surface area contributed by atoms with Crippen LogP contribution in [0.15, 0.2) is 12.1 Å². The molecule has 0 radical (unpaired) electrons. The molecule has 1 aromatic rings. The van der Waals surface area contributed by atoms with Crippen LogP contribution in [0.25, 0.3) is 0 Å². The third-order valence-electron chi connectivity index (χ3n) is 1.38. The van der Waals surface area contributed by atoms with Gasteiger partial charge in [0.15, 0.2) is 0 Å². The zero-order valence-electron chi connectivity index (χ0n) is 5.93. The zero-order chi connectivity index (χ0) is 9.30. The quantitative estimate of drug-likeness (QED) is 0.514. The second-order valence-electron chi connectivity index (χ2n) is 2.26. The van der Waals surface area contributed by atoms with E-state index in [4.69, 9.17) is 17.4 Å². The molecule has 12 heavy (non-hydrogen) atoms. The van der Waals surface area contributed by atoms with E-state index in [0.29, 0.717) is 0 Å². The molecule has 1 aromatic carbocycles. The van der Waals surface area contributed by atoms with E-state index in [1.54, 1.807) is 0 Å². The van der Waals surface area contributed by atoms with Crippen molar-refractivity contribution in [2.75, 3.05) is 0 Å². The SMILES string of the molecule is [O]=[La]([OH])[c]1cc(O)c(O)c(O)c1. The number of phenolic OH excluding ortho intramolecular Hbond substituents is 3. The van der Waals surface area contributed by atoms with Crippen LogP contribution in [0.2, 0.25) is 0 Å². The minimum absolute atomic E-state index is 0.0165. The van der Waals surface area contributed by atoms with Gasteiger partial charge >= 0.3 is 81.0 Å². The van der Waals surface area contributed by atoms with E-state index in [2.05, 4.69) is 0 Å². The number of phenols is 3. The van der Waals surface area contributed by atoms with Gasteiger partial charge in [0.05, 0.1) is 0 Å². The van der Waals surface area contributed by atoms with Crippen LogP contribution in [0.5, 0.6) is 17.2 Å². The van der Waals surface area contributed by atoms with Crippen molar-refractivity contribution in [2.45, 2.75) is 0 Å². The molecule has 0 amide bonds. The summed E-state index contributed by atoms with van der Waals surface area (Å²) in [5.74, 6) is -1.84. The van der Waals surface area contributed by atoms with Crippen LogP contribution < -0.4 is 1.97 Å². The molecule has 0 heterocycles. The molecule has 0 saturated heterocycles. The number of benzene rings is 1. The fourth-order valence-electron chi connectivity index (χ4n) is 0.768. The molecule has 0 aromatic heterocycles. The van der Waals surface area contributed by atoms with Crippen LogP contribution in [-0.2, 0) is 1.70 Å². The van der Waals surface area contributed by atoms with Gasteiger partial charge in [-0.05, 0) is 0 Å². The van der Waals surface area contributed by atoms with Gasteiger partial charge in [-0.15, -0.1) is 0 Å². The van der Waals surface area contributed by atoms with Crippen LogP contribution in [0.4, 0.5) is 0 Å². The molecule has 0 aliphatic carbocycles. The van der Waals surface area contributed by atoms with Crippen LogP contribution in [0, 0.1) is 30.6 Å². The van der Waals surface area contributed by atoms with Gasteiger partial charge in [-0.3, -0.25) is 0 Å². The summed E-state index contributed by atoms with van der Waals surface area (Å²) >= 11 is -4.04. The van der Waals surface area contributed by atoms with Gasteiger partial charge in [-0.1, -0.05) is 0 Å². The van der Waals surface area contributed by atoms with Crippen LogP contribution in [0.3, 0.4) is 0 Å². The summed E-state index contributed by atoms with van der Waals surface area (Å²) in [5.41, 5.74) is 0. The summed E-state index contributed by atoms with van der Waals surface area (Å²) < 4.78 is 19.4. The Bertz CT molecular complexity index is 312. The van der Waals surface area contributed by atoms with Gasteiger partial charge in [-0.25, -0.2) is 0 Å². The minimum atomic E-state index is -4.04. The second-order valence-corrected chi connectivity index (χ2v) is 6.57. The molecular formula is C6H6LaO5. The van der Waals surface area contributed by atoms with Crippen LogP contribution in [0.1, 0.15) is 0 Å². The standard InChI is InChI=1S/C6H5O3.La.H2O.O/c7-4-2-1-3-5(8)6(4)9;;;/h2-3,7-9H;;1H2;/q;+1;;/p-1. The maximum absolute atomic E-state index is 10.6. The molecule has 63 valence electrons. The summed E-state index contributed by atoms with van der Waals surface area (Å²) in [6, 6.07) is 1.96. The van der Waals surface area contributed by atoms with Gasteiger partial charge in [0.2, 0.25) is 0 Å². The number of aromatic hydroxyl groups is 3. The molecule has 0 unspecified atom stereocenters. The summed E-state index contributed by atoms with van der Waals surface area (Å²) in [4.78, 5) is 0. The Kier molecular flexibility index (Phi) is 2.84. The Morgan fingerprint density at radius 3 is 1.83 bits per heavy atom. The molecule has 4 N–H and O–H groups in total. The van der Waals surface area contributed by atoms with Gasteiger partial charge in [-0.2, -0.15) is 0 Å². The predicted octanol–water partition coefficient (Wildman–Crippen LogP) is -0.698. The van der Waals surface area contributed by atoms with E-state index in [9.17, 15) is 1.70 Å². The number of hydrogen-bond donors (Lipinski definition) is 4. The molecule has 0 fully saturated rings. The Morgan fingerprint density at radius 1 is 1.08 bits per heavy atom. The average Bonchev–Trinajstić information content (AvgIpc) is 1.99. The molecule has 0 spiro atoms. The molecule has 0 atom stereocenters. The first kappa shape index (κ1) is 9.66. The van der Waals surface area contributed by atoms with E-state index in [1.165, 1.54) is 0 Å².